The van der Waals surface area contributed by atoms with Crippen molar-refractivity contribution in [2.75, 3.05) is 0 Å². The number of hydrogen-bond acceptors (Lipinski definition) is 3. The lowest BCUT2D eigenvalue weighted by atomic mass is 9.90. The molecular weight excluding hydrogens is 276 g/mol. The van der Waals surface area contributed by atoms with E-state index in [2.05, 4.69) is 11.6 Å². The summed E-state index contributed by atoms with van der Waals surface area (Å²) >= 11 is 5.92. The number of aromatic nitrogens is 2. The quantitative estimate of drug-likeness (QED) is 0.758. The van der Waals surface area contributed by atoms with Gasteiger partial charge in [0.15, 0.2) is 5.78 Å². The lowest BCUT2D eigenvalue weighted by Gasteiger charge is -2.23. The minimum absolute atomic E-state index is 0.0199. The second-order valence-electron chi connectivity index (χ2n) is 5.07. The SMILES string of the molecule is C=C1CCC(n2cnc3ccc(Cl)cc3c2=O)C(=O)C1. The van der Waals surface area contributed by atoms with E-state index in [9.17, 15) is 9.59 Å². The van der Waals surface area contributed by atoms with E-state index in [0.29, 0.717) is 28.8 Å². The van der Waals surface area contributed by atoms with Crippen LogP contribution in [0, 0.1) is 0 Å². The van der Waals surface area contributed by atoms with Gasteiger partial charge in [0.05, 0.1) is 23.3 Å². The van der Waals surface area contributed by atoms with Crippen molar-refractivity contribution in [1.82, 2.24) is 9.55 Å². The summed E-state index contributed by atoms with van der Waals surface area (Å²) in [6, 6.07) is 4.54. The van der Waals surface area contributed by atoms with Crippen molar-refractivity contribution in [3.8, 4) is 0 Å². The molecule has 1 heterocycles. The average Bonchev–Trinajstić information content (AvgIpc) is 2.41. The number of carbonyl (C=O) groups is 1. The van der Waals surface area contributed by atoms with Gasteiger partial charge in [0.25, 0.3) is 5.56 Å². The molecule has 0 bridgehead atoms. The molecule has 4 nitrogen and oxygen atoms in total. The van der Waals surface area contributed by atoms with Gasteiger partial charge in [0, 0.05) is 11.4 Å². The Bertz CT molecular complexity index is 779. The molecule has 20 heavy (non-hydrogen) atoms. The van der Waals surface area contributed by atoms with Crippen LogP contribution >= 0.6 is 11.6 Å². The lowest BCUT2D eigenvalue weighted by Crippen LogP contribution is -2.32. The summed E-state index contributed by atoms with van der Waals surface area (Å²) in [5.41, 5.74) is 1.29. The molecule has 0 amide bonds. The molecule has 3 rings (SSSR count). The summed E-state index contributed by atoms with van der Waals surface area (Å²) in [5.74, 6) is 0.0199. The number of nitrogens with zero attached hydrogens (tertiary/aromatic N) is 2. The van der Waals surface area contributed by atoms with Gasteiger partial charge in [-0.3, -0.25) is 14.2 Å². The molecule has 0 aliphatic heterocycles. The van der Waals surface area contributed by atoms with Crippen molar-refractivity contribution in [2.24, 2.45) is 0 Å². The highest BCUT2D eigenvalue weighted by Crippen LogP contribution is 2.27. The number of carbonyl (C=O) groups excluding carboxylic acids is 1. The van der Waals surface area contributed by atoms with Gasteiger partial charge in [-0.1, -0.05) is 23.8 Å². The van der Waals surface area contributed by atoms with Gasteiger partial charge in [0.1, 0.15) is 0 Å². The number of Topliss-reactive ketones (excluding diaryl/α,β-unsaturated/α-hetero) is 1. The molecule has 5 heteroatoms. The summed E-state index contributed by atoms with van der Waals surface area (Å²) in [7, 11) is 0. The van der Waals surface area contributed by atoms with Crippen molar-refractivity contribution in [3.05, 3.63) is 52.1 Å². The highest BCUT2D eigenvalue weighted by atomic mass is 35.5. The van der Waals surface area contributed by atoms with Gasteiger partial charge in [0.2, 0.25) is 0 Å². The van der Waals surface area contributed by atoms with E-state index in [-0.39, 0.29) is 11.3 Å². The fourth-order valence-corrected chi connectivity index (χ4v) is 2.75. The third kappa shape index (κ3) is 2.16. The van der Waals surface area contributed by atoms with Crippen LogP contribution in [0.3, 0.4) is 0 Å². The van der Waals surface area contributed by atoms with Crippen LogP contribution in [0.1, 0.15) is 25.3 Å². The summed E-state index contributed by atoms with van der Waals surface area (Å²) < 4.78 is 1.42. The summed E-state index contributed by atoms with van der Waals surface area (Å²) in [5, 5.41) is 0.926. The fourth-order valence-electron chi connectivity index (χ4n) is 2.58. The smallest absolute Gasteiger partial charge is 0.261 e. The maximum atomic E-state index is 12.5. The third-order valence-electron chi connectivity index (χ3n) is 3.65. The van der Waals surface area contributed by atoms with E-state index in [1.54, 1.807) is 18.2 Å². The molecule has 0 saturated heterocycles. The monoisotopic (exact) mass is 288 g/mol. The lowest BCUT2D eigenvalue weighted by molar-refractivity contribution is -0.122. The maximum absolute atomic E-state index is 12.5. The van der Waals surface area contributed by atoms with Gasteiger partial charge in [-0.15, -0.1) is 0 Å². The van der Waals surface area contributed by atoms with E-state index in [1.807, 2.05) is 0 Å². The first-order valence-corrected chi connectivity index (χ1v) is 6.80. The van der Waals surface area contributed by atoms with E-state index in [4.69, 9.17) is 11.6 Å². The Morgan fingerprint density at radius 2 is 2.15 bits per heavy atom. The Kier molecular flexibility index (Phi) is 3.18. The molecule has 1 fully saturated rings. The predicted molar refractivity (Wildman–Crippen MR) is 78.0 cm³/mol. The Balaban J connectivity index is 2.13. The standard InChI is InChI=1S/C15H13ClN2O2/c1-9-2-5-13(14(19)6-9)18-8-17-12-4-3-10(16)7-11(12)15(18)20/h3-4,7-8,13H,1-2,5-6H2. The first-order valence-electron chi connectivity index (χ1n) is 6.42. The normalized spacial score (nSPS) is 19.6. The van der Waals surface area contributed by atoms with E-state index < -0.39 is 6.04 Å². The van der Waals surface area contributed by atoms with Crippen molar-refractivity contribution < 1.29 is 4.79 Å². The highest BCUT2D eigenvalue weighted by molar-refractivity contribution is 6.31. The van der Waals surface area contributed by atoms with Crippen LogP contribution in [0.25, 0.3) is 10.9 Å². The van der Waals surface area contributed by atoms with Crippen LogP contribution in [0.2, 0.25) is 5.02 Å². The number of halogens is 1. The molecule has 1 atom stereocenters. The third-order valence-corrected chi connectivity index (χ3v) is 3.88. The zero-order chi connectivity index (χ0) is 14.3. The molecule has 1 aliphatic carbocycles. The van der Waals surface area contributed by atoms with E-state index in [0.717, 1.165) is 12.0 Å². The van der Waals surface area contributed by atoms with Crippen LogP contribution in [0.5, 0.6) is 0 Å². The molecule has 1 aliphatic rings. The topological polar surface area (TPSA) is 52.0 Å². The first-order chi connectivity index (χ1) is 9.56. The molecule has 0 radical (unpaired) electrons. The minimum atomic E-state index is -0.441. The second kappa shape index (κ2) is 4.87. The second-order valence-corrected chi connectivity index (χ2v) is 5.50. The zero-order valence-corrected chi connectivity index (χ0v) is 11.6. The average molecular weight is 289 g/mol. The molecule has 0 N–H and O–H groups in total. The van der Waals surface area contributed by atoms with Crippen LogP contribution in [-0.2, 0) is 4.79 Å². The number of rotatable bonds is 1. The summed E-state index contributed by atoms with van der Waals surface area (Å²) in [4.78, 5) is 28.8. The van der Waals surface area contributed by atoms with Crippen LogP contribution < -0.4 is 5.56 Å². The van der Waals surface area contributed by atoms with Crippen molar-refractivity contribution in [1.29, 1.82) is 0 Å². The van der Waals surface area contributed by atoms with Crippen molar-refractivity contribution in [2.45, 2.75) is 25.3 Å². The zero-order valence-electron chi connectivity index (χ0n) is 10.8. The first kappa shape index (κ1) is 13.1. The highest BCUT2D eigenvalue weighted by Gasteiger charge is 2.26. The van der Waals surface area contributed by atoms with E-state index >= 15 is 0 Å². The van der Waals surface area contributed by atoms with Gasteiger partial charge in [-0.2, -0.15) is 0 Å². The van der Waals surface area contributed by atoms with Gasteiger partial charge in [-0.05, 0) is 31.0 Å². The Hall–Kier alpha value is -1.94. The van der Waals surface area contributed by atoms with Crippen LogP contribution in [0.15, 0.2) is 41.5 Å². The van der Waals surface area contributed by atoms with Gasteiger partial charge in [-0.25, -0.2) is 4.98 Å². The van der Waals surface area contributed by atoms with Crippen molar-refractivity contribution in [3.63, 3.8) is 0 Å². The minimum Gasteiger partial charge on any atom is -0.297 e. The van der Waals surface area contributed by atoms with E-state index in [1.165, 1.54) is 10.9 Å². The van der Waals surface area contributed by atoms with Crippen LogP contribution in [-0.4, -0.2) is 15.3 Å². The number of fused-ring (bicyclic) bond motifs is 1. The largest absolute Gasteiger partial charge is 0.297 e. The van der Waals surface area contributed by atoms with Crippen molar-refractivity contribution >= 4 is 28.3 Å². The molecular formula is C15H13ClN2O2. The molecule has 2 aromatic rings. The van der Waals surface area contributed by atoms with Gasteiger partial charge >= 0.3 is 0 Å². The Morgan fingerprint density at radius 1 is 1.35 bits per heavy atom. The molecule has 102 valence electrons. The molecule has 1 unspecified atom stereocenters. The van der Waals surface area contributed by atoms with Gasteiger partial charge < -0.3 is 0 Å². The number of ketones is 1. The maximum Gasteiger partial charge on any atom is 0.261 e. The summed E-state index contributed by atoms with van der Waals surface area (Å²) in [6.45, 7) is 3.84. The molecule has 1 aromatic heterocycles. The number of allylic oxidation sites excluding steroid dienone is 1. The number of hydrogen-bond donors (Lipinski definition) is 0. The predicted octanol–water partition coefficient (Wildman–Crippen LogP) is 2.90. The molecule has 0 spiro atoms. The summed E-state index contributed by atoms with van der Waals surface area (Å²) in [6.07, 6.45) is 3.15. The number of benzene rings is 1. The molecule has 1 aromatic carbocycles. The fraction of sp³-hybridized carbons (Fsp3) is 0.267. The Labute approximate surface area is 120 Å². The van der Waals surface area contributed by atoms with Crippen LogP contribution in [0.4, 0.5) is 0 Å². The Morgan fingerprint density at radius 3 is 2.90 bits per heavy atom. The molecule has 1 saturated carbocycles.